The van der Waals surface area contributed by atoms with Crippen LogP contribution in [0.1, 0.15) is 88.0 Å². The lowest BCUT2D eigenvalue weighted by Crippen LogP contribution is -2.57. The molecule has 0 radical (unpaired) electrons. The molecule has 392 valence electrons. The highest BCUT2D eigenvalue weighted by atomic mass is 16.9. The van der Waals surface area contributed by atoms with Gasteiger partial charge in [-0.25, -0.2) is 0 Å². The molecule has 24 heteroatoms. The second-order valence-electron chi connectivity index (χ2n) is 20.8. The molecule has 8 aliphatic rings. The first-order valence-corrected chi connectivity index (χ1v) is 23.6. The molecule has 0 aromatic rings. The van der Waals surface area contributed by atoms with Gasteiger partial charge in [0, 0.05) is 60.2 Å². The first kappa shape index (κ1) is 52.7. The van der Waals surface area contributed by atoms with Gasteiger partial charge in [-0.3, -0.25) is 19.2 Å². The molecule has 0 aromatic heterocycles. The van der Waals surface area contributed by atoms with Crippen LogP contribution in [-0.4, -0.2) is 198 Å². The van der Waals surface area contributed by atoms with Crippen LogP contribution in [-0.2, 0) is 95.0 Å². The Bertz CT molecular complexity index is 1890. The summed E-state index contributed by atoms with van der Waals surface area (Å²) in [5.41, 5.74) is 6.64. The molecule has 5 N–H and O–H groups in total. The Morgan fingerprint density at radius 3 is 0.986 bits per heavy atom. The predicted octanol–water partition coefficient (Wildman–Crippen LogP) is -0.517. The summed E-state index contributed by atoms with van der Waals surface area (Å²) in [6.45, 7) is 15.4. The van der Waals surface area contributed by atoms with Crippen LogP contribution in [0.25, 0.3) is 0 Å². The van der Waals surface area contributed by atoms with E-state index in [4.69, 9.17) is 81.5 Å². The fourth-order valence-electron chi connectivity index (χ4n) is 11.0. The van der Waals surface area contributed by atoms with Gasteiger partial charge in [0.1, 0.15) is 79.0 Å². The third kappa shape index (κ3) is 11.2. The molecule has 4 unspecified atom stereocenters. The van der Waals surface area contributed by atoms with Crippen LogP contribution in [0.5, 0.6) is 0 Å². The molecular weight excluding hydrogens is 917 g/mol. The molecule has 0 saturated carbocycles. The number of carbonyl (C=O) groups excluding carboxylic acids is 4. The lowest BCUT2D eigenvalue weighted by Gasteiger charge is -2.34. The van der Waals surface area contributed by atoms with E-state index >= 15 is 0 Å². The van der Waals surface area contributed by atoms with Gasteiger partial charge in [0.15, 0.2) is 48.3 Å². The number of nitrogens with two attached hydrogens (primary N) is 1. The van der Waals surface area contributed by atoms with E-state index in [0.29, 0.717) is 0 Å². The highest BCUT2D eigenvalue weighted by Crippen LogP contribution is 2.44. The van der Waals surface area contributed by atoms with Crippen LogP contribution in [0.3, 0.4) is 0 Å². The number of methoxy groups -OCH3 is 4. The Labute approximate surface area is 401 Å². The van der Waals surface area contributed by atoms with Crippen molar-refractivity contribution in [2.24, 2.45) is 5.73 Å². The van der Waals surface area contributed by atoms with Crippen molar-refractivity contribution >= 4 is 23.5 Å². The van der Waals surface area contributed by atoms with E-state index in [1.54, 1.807) is 55.4 Å². The fraction of sp³-hybridized carbons (Fsp3) is 0.911. The van der Waals surface area contributed by atoms with Crippen LogP contribution >= 0.6 is 0 Å². The van der Waals surface area contributed by atoms with Gasteiger partial charge >= 0.3 is 0 Å². The van der Waals surface area contributed by atoms with Crippen molar-refractivity contribution in [3.63, 3.8) is 0 Å². The summed E-state index contributed by atoms with van der Waals surface area (Å²) in [6.07, 6.45) is -13.7. The average Bonchev–Trinajstić information content (AvgIpc) is 4.10. The van der Waals surface area contributed by atoms with E-state index in [1.165, 1.54) is 35.4 Å². The second kappa shape index (κ2) is 20.0. The number of hydrogen-bond acceptors (Lipinski definition) is 21. The van der Waals surface area contributed by atoms with Crippen molar-refractivity contribution in [3.8, 4) is 0 Å². The Morgan fingerprint density at radius 2 is 0.696 bits per heavy atom. The van der Waals surface area contributed by atoms with Crippen LogP contribution in [0, 0.1) is 0 Å². The Hall–Kier alpha value is -2.60. The van der Waals surface area contributed by atoms with Crippen molar-refractivity contribution in [2.45, 2.75) is 234 Å². The Morgan fingerprint density at radius 1 is 0.435 bits per heavy atom. The summed E-state index contributed by atoms with van der Waals surface area (Å²) in [5, 5.41) is 8.89. The Balaban J connectivity index is 1.01. The lowest BCUT2D eigenvalue weighted by molar-refractivity contribution is -0.220. The first-order chi connectivity index (χ1) is 32.3. The summed E-state index contributed by atoms with van der Waals surface area (Å²) in [6, 6.07) is -3.96. The number of amides is 3. The molecular formula is C45H72N4O20. The molecule has 0 aromatic carbocycles. The predicted molar refractivity (Wildman–Crippen MR) is 231 cm³/mol. The Kier molecular flexibility index (Phi) is 15.3. The molecule has 3 amide bonds. The van der Waals surface area contributed by atoms with E-state index in [1.807, 2.05) is 0 Å². The highest BCUT2D eigenvalue weighted by molar-refractivity contribution is 5.83. The van der Waals surface area contributed by atoms with E-state index in [2.05, 4.69) is 16.0 Å². The van der Waals surface area contributed by atoms with E-state index in [9.17, 15) is 19.2 Å². The van der Waals surface area contributed by atoms with Crippen LogP contribution in [0.4, 0.5) is 0 Å². The quantitative estimate of drug-likeness (QED) is 0.127. The zero-order valence-corrected chi connectivity index (χ0v) is 41.6. The third-order valence-corrected chi connectivity index (χ3v) is 13.6. The van der Waals surface area contributed by atoms with Gasteiger partial charge < -0.3 is 97.5 Å². The third-order valence-electron chi connectivity index (χ3n) is 13.6. The molecule has 8 aliphatic heterocycles. The highest BCUT2D eigenvalue weighted by Gasteiger charge is 2.61. The van der Waals surface area contributed by atoms with Gasteiger partial charge in [-0.1, -0.05) is 0 Å². The molecule has 69 heavy (non-hydrogen) atoms. The fourth-order valence-corrected chi connectivity index (χ4v) is 11.0. The number of carbonyl (C=O) groups is 4. The molecule has 20 atom stereocenters. The number of Topliss-reactive ketones (excluding diaryl/α,β-unsaturated/α-hetero) is 1. The van der Waals surface area contributed by atoms with Gasteiger partial charge in [0.25, 0.3) is 0 Å². The maximum atomic E-state index is 14.6. The van der Waals surface area contributed by atoms with Gasteiger partial charge in [-0.05, 0) is 62.3 Å². The molecule has 8 rings (SSSR count). The molecule has 0 spiro atoms. The lowest BCUT2D eigenvalue weighted by atomic mass is 9.96. The summed E-state index contributed by atoms with van der Waals surface area (Å²) in [5.74, 6) is -5.81. The zero-order valence-electron chi connectivity index (χ0n) is 41.6. The van der Waals surface area contributed by atoms with Crippen LogP contribution in [0.15, 0.2) is 0 Å². The molecule has 0 aliphatic carbocycles. The van der Waals surface area contributed by atoms with Crippen LogP contribution < -0.4 is 21.7 Å². The number of ether oxygens (including phenoxy) is 16. The molecule has 8 saturated heterocycles. The number of ketones is 1. The SMILES string of the molecule is CO[C@@H]1[C@H]2OC(C)(C)O[C@H]2O[C@@H]1C(CC(C)=O)NC(=O)CC(NC(=O)CC(NC(=O)CC(N)[C@@H]1O[C@@H]2OC(C)(C)O[C@@H]2[C@H]1OC)[C@H]1O[C@@H]2OC(C)(C)O[C@@H]2[C@H]1OC)[C@@H]1O[C@@H]2OC(C)(C)O[C@@H]2[C@H]1OC. The minimum atomic E-state index is -1.10. The monoisotopic (exact) mass is 988 g/mol. The molecule has 0 bridgehead atoms. The van der Waals surface area contributed by atoms with Gasteiger partial charge in [0.05, 0.1) is 18.1 Å². The topological polar surface area (TPSA) is 278 Å². The van der Waals surface area contributed by atoms with Crippen molar-refractivity contribution in [2.75, 3.05) is 28.4 Å². The second-order valence-corrected chi connectivity index (χ2v) is 20.8. The summed E-state index contributed by atoms with van der Waals surface area (Å²) in [7, 11) is 5.92. The smallest absolute Gasteiger partial charge is 0.222 e. The van der Waals surface area contributed by atoms with Crippen molar-refractivity contribution in [3.05, 3.63) is 0 Å². The van der Waals surface area contributed by atoms with Crippen molar-refractivity contribution in [1.82, 2.24) is 16.0 Å². The maximum absolute atomic E-state index is 14.6. The van der Waals surface area contributed by atoms with Crippen LogP contribution in [0.2, 0.25) is 0 Å². The minimum absolute atomic E-state index is 0.114. The average molecular weight is 989 g/mol. The number of hydrogen-bond donors (Lipinski definition) is 4. The van der Waals surface area contributed by atoms with E-state index in [-0.39, 0.29) is 25.0 Å². The molecule has 8 heterocycles. The van der Waals surface area contributed by atoms with E-state index in [0.717, 1.165) is 0 Å². The zero-order chi connectivity index (χ0) is 50.1. The summed E-state index contributed by atoms with van der Waals surface area (Å²) >= 11 is 0. The van der Waals surface area contributed by atoms with Crippen molar-refractivity contribution in [1.29, 1.82) is 0 Å². The number of fused-ring (bicyclic) bond motifs is 4. The standard InChI is InChI=1S/C45H72N4O20/c1-18(50)14-20(27-31(55-11)35-39(59-27)67-43(4,5)63-35)47-24(52)17-22(29-33(57-13)37-41(61-29)69-45(8,9)65-37)49-25(53)16-21(28-32(56-12)36-40(60-28)68-44(6,7)64-36)48-23(51)15-19(46)26-30(54-10)34-38(58-26)66-42(2,3)62-34/h19-22,26-41H,14-17,46H2,1-13H3,(H,47,52)(H,48,51)(H,49,53)/t19?,20?,21?,22?,26-,27+,28+,29-,30-,31-,32-,33-,34+,35+,36+,37+,38+,39+,40+,41+/m0/s1. The summed E-state index contributed by atoms with van der Waals surface area (Å²) in [4.78, 5) is 55.7. The maximum Gasteiger partial charge on any atom is 0.222 e. The number of nitrogens with one attached hydrogen (secondary N) is 3. The van der Waals surface area contributed by atoms with Gasteiger partial charge in [0.2, 0.25) is 17.7 Å². The van der Waals surface area contributed by atoms with E-state index < -0.39 is 170 Å². The first-order valence-electron chi connectivity index (χ1n) is 23.6. The van der Waals surface area contributed by atoms with Gasteiger partial charge in [-0.15, -0.1) is 0 Å². The van der Waals surface area contributed by atoms with Gasteiger partial charge in [-0.2, -0.15) is 0 Å². The largest absolute Gasteiger partial charge is 0.376 e. The molecule has 8 fully saturated rings. The summed E-state index contributed by atoms with van der Waals surface area (Å²) < 4.78 is 96.8. The number of rotatable bonds is 19. The molecule has 24 nitrogen and oxygen atoms in total. The van der Waals surface area contributed by atoms with Crippen molar-refractivity contribution < 1.29 is 95.0 Å². The normalized spacial score (nSPS) is 41.4. The minimum Gasteiger partial charge on any atom is -0.376 e.